The topological polar surface area (TPSA) is 51.2 Å². The highest BCUT2D eigenvalue weighted by Gasteiger charge is 2.52. The predicted octanol–water partition coefficient (Wildman–Crippen LogP) is 0.887. The van der Waals surface area contributed by atoms with Crippen molar-refractivity contribution < 1.29 is 14.4 Å². The van der Waals surface area contributed by atoms with Crippen LogP contribution < -0.4 is 0 Å². The van der Waals surface area contributed by atoms with E-state index < -0.39 is 17.3 Å². The van der Waals surface area contributed by atoms with Gasteiger partial charge in [-0.3, -0.25) is 14.4 Å². The lowest BCUT2D eigenvalue weighted by Crippen LogP contribution is -2.30. The van der Waals surface area contributed by atoms with Gasteiger partial charge >= 0.3 is 0 Å². The van der Waals surface area contributed by atoms with Crippen LogP contribution in [0.15, 0.2) is 0 Å². The minimum atomic E-state index is -0.777. The molecule has 0 aromatic rings. The summed E-state index contributed by atoms with van der Waals surface area (Å²) in [5.41, 5.74) is 0. The molecule has 2 aliphatic carbocycles. The molecule has 0 spiro atoms. The van der Waals surface area contributed by atoms with Crippen molar-refractivity contribution >= 4 is 33.3 Å². The van der Waals surface area contributed by atoms with Gasteiger partial charge in [-0.15, -0.1) is 0 Å². The van der Waals surface area contributed by atoms with Crippen LogP contribution in [0.4, 0.5) is 0 Å². The van der Waals surface area contributed by atoms with E-state index in [0.29, 0.717) is 6.42 Å². The van der Waals surface area contributed by atoms with Crippen molar-refractivity contribution in [3.63, 3.8) is 0 Å². The molecule has 0 bridgehead atoms. The van der Waals surface area contributed by atoms with Crippen molar-refractivity contribution in [2.45, 2.75) is 24.1 Å². The van der Waals surface area contributed by atoms with E-state index in [1.165, 1.54) is 0 Å². The average Bonchev–Trinajstić information content (AvgIpc) is 2.33. The molecule has 0 radical (unpaired) electrons. The molecule has 2 rings (SSSR count). The Morgan fingerprint density at radius 1 is 1.08 bits per heavy atom. The number of carbonyl (C=O) groups excluding carboxylic acids is 3. The second-order valence-corrected chi connectivity index (χ2v) is 4.81. The minimum Gasteiger partial charge on any atom is -0.290 e. The lowest BCUT2D eigenvalue weighted by Gasteiger charge is -2.26. The standard InChI is InChI=1S/C9H9BrO3/c10-5-3-1-2-4-6(5)8(12)9(13)7(4)11/h4-6H,1-3H2. The van der Waals surface area contributed by atoms with Crippen molar-refractivity contribution in [2.24, 2.45) is 11.8 Å². The first kappa shape index (κ1) is 9.06. The van der Waals surface area contributed by atoms with Crippen LogP contribution in [-0.2, 0) is 14.4 Å². The van der Waals surface area contributed by atoms with E-state index in [1.54, 1.807) is 0 Å². The number of rotatable bonds is 0. The molecule has 0 saturated heterocycles. The molecule has 0 aliphatic heterocycles. The van der Waals surface area contributed by atoms with Gasteiger partial charge in [-0.25, -0.2) is 0 Å². The van der Waals surface area contributed by atoms with Crippen molar-refractivity contribution in [3.8, 4) is 0 Å². The zero-order chi connectivity index (χ0) is 9.59. The Hall–Kier alpha value is -0.510. The van der Waals surface area contributed by atoms with E-state index in [4.69, 9.17) is 0 Å². The Bertz CT molecular complexity index is 297. The molecule has 2 fully saturated rings. The first-order valence-electron chi connectivity index (χ1n) is 4.39. The predicted molar refractivity (Wildman–Crippen MR) is 48.6 cm³/mol. The maximum absolute atomic E-state index is 11.4. The molecular formula is C9H9BrO3. The fourth-order valence-corrected chi connectivity index (χ4v) is 3.16. The van der Waals surface area contributed by atoms with E-state index in [-0.39, 0.29) is 16.7 Å². The minimum absolute atomic E-state index is 0.0224. The number of alkyl halides is 1. The quantitative estimate of drug-likeness (QED) is 0.470. The highest BCUT2D eigenvalue weighted by atomic mass is 79.9. The number of carbonyl (C=O) groups is 3. The second-order valence-electron chi connectivity index (χ2n) is 3.64. The van der Waals surface area contributed by atoms with Crippen molar-refractivity contribution in [1.82, 2.24) is 0 Å². The highest BCUT2D eigenvalue weighted by molar-refractivity contribution is 9.09. The van der Waals surface area contributed by atoms with Crippen LogP contribution in [0.1, 0.15) is 19.3 Å². The van der Waals surface area contributed by atoms with Crippen LogP contribution in [0, 0.1) is 11.8 Å². The molecule has 0 amide bonds. The van der Waals surface area contributed by atoms with Gasteiger partial charge < -0.3 is 0 Å². The Balaban J connectivity index is 2.35. The highest BCUT2D eigenvalue weighted by Crippen LogP contribution is 2.39. The molecule has 13 heavy (non-hydrogen) atoms. The lowest BCUT2D eigenvalue weighted by molar-refractivity contribution is -0.141. The van der Waals surface area contributed by atoms with Gasteiger partial charge in [0.2, 0.25) is 11.6 Å². The number of hydrogen-bond donors (Lipinski definition) is 0. The Labute approximate surface area is 84.0 Å². The molecule has 4 heteroatoms. The van der Waals surface area contributed by atoms with E-state index in [1.807, 2.05) is 0 Å². The van der Waals surface area contributed by atoms with Crippen LogP contribution >= 0.6 is 15.9 Å². The van der Waals surface area contributed by atoms with E-state index in [0.717, 1.165) is 12.8 Å². The Kier molecular flexibility index (Phi) is 2.10. The van der Waals surface area contributed by atoms with Crippen molar-refractivity contribution in [1.29, 1.82) is 0 Å². The van der Waals surface area contributed by atoms with Gasteiger partial charge in [0.25, 0.3) is 5.78 Å². The third kappa shape index (κ3) is 1.19. The Morgan fingerprint density at radius 2 is 1.77 bits per heavy atom. The molecule has 0 aromatic carbocycles. The van der Waals surface area contributed by atoms with Gasteiger partial charge in [0.1, 0.15) is 0 Å². The second kappa shape index (κ2) is 3.01. The van der Waals surface area contributed by atoms with Crippen LogP contribution in [0.25, 0.3) is 0 Å². The maximum atomic E-state index is 11.4. The molecule has 0 aromatic heterocycles. The smallest absolute Gasteiger partial charge is 0.264 e. The summed E-state index contributed by atoms with van der Waals surface area (Å²) in [6.07, 6.45) is 2.50. The van der Waals surface area contributed by atoms with E-state index in [9.17, 15) is 14.4 Å². The van der Waals surface area contributed by atoms with Crippen LogP contribution in [0.3, 0.4) is 0 Å². The number of Topliss-reactive ketones (excluding diaryl/α,β-unsaturated/α-hetero) is 3. The molecule has 0 heterocycles. The molecule has 3 atom stereocenters. The molecule has 2 saturated carbocycles. The number of fused-ring (bicyclic) bond motifs is 1. The van der Waals surface area contributed by atoms with Crippen LogP contribution in [0.2, 0.25) is 0 Å². The monoisotopic (exact) mass is 244 g/mol. The molecule has 70 valence electrons. The fourth-order valence-electron chi connectivity index (χ4n) is 2.23. The number of hydrogen-bond acceptors (Lipinski definition) is 3. The average molecular weight is 245 g/mol. The summed E-state index contributed by atoms with van der Waals surface area (Å²) >= 11 is 3.37. The zero-order valence-corrected chi connectivity index (χ0v) is 8.54. The summed E-state index contributed by atoms with van der Waals surface area (Å²) in [4.78, 5) is 33.8. The maximum Gasteiger partial charge on any atom is 0.264 e. The van der Waals surface area contributed by atoms with Crippen molar-refractivity contribution in [3.05, 3.63) is 0 Å². The van der Waals surface area contributed by atoms with Gasteiger partial charge in [0.05, 0.1) is 0 Å². The van der Waals surface area contributed by atoms with E-state index in [2.05, 4.69) is 15.9 Å². The molecule has 3 nitrogen and oxygen atoms in total. The summed E-state index contributed by atoms with van der Waals surface area (Å²) < 4.78 is 0. The molecule has 3 unspecified atom stereocenters. The third-order valence-corrected chi connectivity index (χ3v) is 3.93. The van der Waals surface area contributed by atoms with Crippen molar-refractivity contribution in [2.75, 3.05) is 0 Å². The fraction of sp³-hybridized carbons (Fsp3) is 0.667. The summed E-state index contributed by atoms with van der Waals surface area (Å²) in [5.74, 6) is -2.40. The zero-order valence-electron chi connectivity index (χ0n) is 6.96. The summed E-state index contributed by atoms with van der Waals surface area (Å²) in [6.45, 7) is 0. The van der Waals surface area contributed by atoms with Gasteiger partial charge in [-0.2, -0.15) is 0 Å². The van der Waals surface area contributed by atoms with E-state index >= 15 is 0 Å². The first-order chi connectivity index (χ1) is 6.13. The SMILES string of the molecule is O=C1C(=O)C2CCCC(Br)C2C1=O. The summed E-state index contributed by atoms with van der Waals surface area (Å²) in [5, 5.41) is 0. The van der Waals surface area contributed by atoms with Gasteiger partial charge in [-0.1, -0.05) is 22.4 Å². The number of ketones is 3. The normalized spacial score (nSPS) is 39.5. The van der Waals surface area contributed by atoms with Gasteiger partial charge in [0.15, 0.2) is 0 Å². The van der Waals surface area contributed by atoms with Gasteiger partial charge in [-0.05, 0) is 12.8 Å². The summed E-state index contributed by atoms with van der Waals surface area (Å²) in [6, 6.07) is 0. The van der Waals surface area contributed by atoms with Crippen LogP contribution in [-0.4, -0.2) is 22.2 Å². The lowest BCUT2D eigenvalue weighted by atomic mass is 9.81. The molecule has 0 N–H and O–H groups in total. The molecule has 2 aliphatic rings. The van der Waals surface area contributed by atoms with Crippen LogP contribution in [0.5, 0.6) is 0 Å². The first-order valence-corrected chi connectivity index (χ1v) is 5.31. The largest absolute Gasteiger partial charge is 0.290 e. The summed E-state index contributed by atoms with van der Waals surface area (Å²) in [7, 11) is 0. The Morgan fingerprint density at radius 3 is 2.38 bits per heavy atom. The molecular weight excluding hydrogens is 236 g/mol. The van der Waals surface area contributed by atoms with Gasteiger partial charge in [0, 0.05) is 16.7 Å². The third-order valence-electron chi connectivity index (χ3n) is 2.91. The number of halogens is 1.